The van der Waals surface area contributed by atoms with Crippen LogP contribution < -0.4 is 15.4 Å². The molecule has 2 aromatic carbocycles. The zero-order valence-corrected chi connectivity index (χ0v) is 12.6. The van der Waals surface area contributed by atoms with Crippen molar-refractivity contribution in [1.82, 2.24) is 5.32 Å². The molecule has 0 aliphatic rings. The van der Waals surface area contributed by atoms with Crippen molar-refractivity contribution in [2.75, 3.05) is 12.0 Å². The summed E-state index contributed by atoms with van der Waals surface area (Å²) in [6, 6.07) is 13.9. The lowest BCUT2D eigenvalue weighted by molar-refractivity contribution is 0.101. The van der Waals surface area contributed by atoms with Gasteiger partial charge in [-0.25, -0.2) is 4.79 Å². The van der Waals surface area contributed by atoms with E-state index in [1.54, 1.807) is 24.3 Å². The molecule has 0 aliphatic carbocycles. The van der Waals surface area contributed by atoms with E-state index in [2.05, 4.69) is 10.6 Å². The second kappa shape index (κ2) is 7.26. The molecule has 0 bridgehead atoms. The summed E-state index contributed by atoms with van der Waals surface area (Å²) in [7, 11) is 0. The SMILES string of the molecule is CC(=O)c1cccc(NC(=O)NCOc2ccc(C)cc2)c1. The summed E-state index contributed by atoms with van der Waals surface area (Å²) < 4.78 is 5.41. The third kappa shape index (κ3) is 4.63. The molecule has 0 saturated heterocycles. The highest BCUT2D eigenvalue weighted by atomic mass is 16.5. The van der Waals surface area contributed by atoms with E-state index in [-0.39, 0.29) is 12.5 Å². The number of anilines is 1. The van der Waals surface area contributed by atoms with Gasteiger partial charge in [-0.1, -0.05) is 29.8 Å². The quantitative estimate of drug-likeness (QED) is 0.657. The number of carbonyl (C=O) groups is 2. The first kappa shape index (κ1) is 15.6. The first-order chi connectivity index (χ1) is 10.5. The van der Waals surface area contributed by atoms with Crippen molar-refractivity contribution < 1.29 is 14.3 Å². The van der Waals surface area contributed by atoms with E-state index >= 15 is 0 Å². The molecular formula is C17H18N2O3. The summed E-state index contributed by atoms with van der Waals surface area (Å²) in [4.78, 5) is 23.0. The predicted molar refractivity (Wildman–Crippen MR) is 85.3 cm³/mol. The maximum atomic E-state index is 11.8. The van der Waals surface area contributed by atoms with Crippen molar-refractivity contribution in [3.8, 4) is 5.75 Å². The van der Waals surface area contributed by atoms with E-state index in [9.17, 15) is 9.59 Å². The molecule has 0 atom stereocenters. The molecule has 0 aliphatic heterocycles. The van der Waals surface area contributed by atoms with Crippen LogP contribution in [0.5, 0.6) is 5.75 Å². The van der Waals surface area contributed by atoms with Crippen molar-refractivity contribution in [3.05, 3.63) is 59.7 Å². The number of ketones is 1. The van der Waals surface area contributed by atoms with Crippen LogP contribution in [0.15, 0.2) is 48.5 Å². The fraction of sp³-hybridized carbons (Fsp3) is 0.176. The molecular weight excluding hydrogens is 280 g/mol. The summed E-state index contributed by atoms with van der Waals surface area (Å²) in [5, 5.41) is 5.24. The topological polar surface area (TPSA) is 67.4 Å². The number of aryl methyl sites for hydroxylation is 1. The van der Waals surface area contributed by atoms with Crippen LogP contribution in [0.4, 0.5) is 10.5 Å². The summed E-state index contributed by atoms with van der Waals surface area (Å²) in [6.45, 7) is 3.53. The number of ether oxygens (including phenoxy) is 1. The summed E-state index contributed by atoms with van der Waals surface area (Å²) >= 11 is 0. The number of amides is 2. The lowest BCUT2D eigenvalue weighted by atomic mass is 10.1. The van der Waals surface area contributed by atoms with Gasteiger partial charge in [-0.2, -0.15) is 0 Å². The molecule has 0 aromatic heterocycles. The summed E-state index contributed by atoms with van der Waals surface area (Å²) in [6.07, 6.45) is 0. The Morgan fingerprint density at radius 3 is 2.50 bits per heavy atom. The van der Waals surface area contributed by atoms with Crippen molar-refractivity contribution in [2.24, 2.45) is 0 Å². The van der Waals surface area contributed by atoms with Gasteiger partial charge in [0.15, 0.2) is 12.5 Å². The monoisotopic (exact) mass is 298 g/mol. The van der Waals surface area contributed by atoms with E-state index in [0.717, 1.165) is 5.56 Å². The van der Waals surface area contributed by atoms with E-state index in [0.29, 0.717) is 17.0 Å². The molecule has 0 radical (unpaired) electrons. The van der Waals surface area contributed by atoms with Gasteiger partial charge in [-0.15, -0.1) is 0 Å². The van der Waals surface area contributed by atoms with Gasteiger partial charge in [-0.3, -0.25) is 4.79 Å². The average Bonchev–Trinajstić information content (AvgIpc) is 2.49. The normalized spacial score (nSPS) is 9.91. The van der Waals surface area contributed by atoms with E-state index in [1.807, 2.05) is 31.2 Å². The lowest BCUT2D eigenvalue weighted by Gasteiger charge is -2.10. The lowest BCUT2D eigenvalue weighted by Crippen LogP contribution is -2.32. The smallest absolute Gasteiger partial charge is 0.321 e. The van der Waals surface area contributed by atoms with Gasteiger partial charge in [0.2, 0.25) is 0 Å². The highest BCUT2D eigenvalue weighted by Crippen LogP contribution is 2.12. The molecule has 2 rings (SSSR count). The van der Waals surface area contributed by atoms with Crippen molar-refractivity contribution in [2.45, 2.75) is 13.8 Å². The highest BCUT2D eigenvalue weighted by molar-refractivity contribution is 5.96. The molecule has 0 unspecified atom stereocenters. The van der Waals surface area contributed by atoms with E-state index in [1.165, 1.54) is 6.92 Å². The van der Waals surface area contributed by atoms with Crippen molar-refractivity contribution in [1.29, 1.82) is 0 Å². The number of urea groups is 1. The number of carbonyl (C=O) groups excluding carboxylic acids is 2. The van der Waals surface area contributed by atoms with Crippen LogP contribution in [0.1, 0.15) is 22.8 Å². The second-order valence-electron chi connectivity index (χ2n) is 4.87. The van der Waals surface area contributed by atoms with Gasteiger partial charge in [0.05, 0.1) is 0 Å². The average molecular weight is 298 g/mol. The Labute approximate surface area is 129 Å². The Balaban J connectivity index is 1.81. The van der Waals surface area contributed by atoms with E-state index in [4.69, 9.17) is 4.74 Å². The number of hydrogen-bond donors (Lipinski definition) is 2. The van der Waals surface area contributed by atoms with Gasteiger partial charge >= 0.3 is 6.03 Å². The third-order valence-electron chi connectivity index (χ3n) is 3.02. The van der Waals surface area contributed by atoms with Gasteiger partial charge in [0.1, 0.15) is 5.75 Å². The van der Waals surface area contributed by atoms with E-state index < -0.39 is 6.03 Å². The second-order valence-corrected chi connectivity index (χ2v) is 4.87. The molecule has 0 fully saturated rings. The molecule has 22 heavy (non-hydrogen) atoms. The number of rotatable bonds is 5. The van der Waals surface area contributed by atoms with Crippen LogP contribution >= 0.6 is 0 Å². The zero-order valence-electron chi connectivity index (χ0n) is 12.6. The molecule has 0 heterocycles. The maximum absolute atomic E-state index is 11.8. The standard InChI is InChI=1S/C17H18N2O3/c1-12-6-8-16(9-7-12)22-11-18-17(21)19-15-5-3-4-14(10-15)13(2)20/h3-10H,11H2,1-2H3,(H2,18,19,21). The van der Waals surface area contributed by atoms with Gasteiger partial charge in [0, 0.05) is 11.3 Å². The Bertz CT molecular complexity index is 666. The van der Waals surface area contributed by atoms with Crippen molar-refractivity contribution >= 4 is 17.5 Å². The fourth-order valence-corrected chi connectivity index (χ4v) is 1.81. The van der Waals surface area contributed by atoms with Gasteiger partial charge < -0.3 is 15.4 Å². The molecule has 2 amide bonds. The minimum atomic E-state index is -0.396. The summed E-state index contributed by atoms with van der Waals surface area (Å²) in [5.41, 5.74) is 2.25. The molecule has 2 N–H and O–H groups in total. The first-order valence-corrected chi connectivity index (χ1v) is 6.90. The largest absolute Gasteiger partial charge is 0.473 e. The minimum absolute atomic E-state index is 0.0493. The van der Waals surface area contributed by atoms with Crippen LogP contribution in [-0.2, 0) is 0 Å². The van der Waals surface area contributed by atoms with Crippen LogP contribution in [0.2, 0.25) is 0 Å². The van der Waals surface area contributed by atoms with Crippen LogP contribution in [0.25, 0.3) is 0 Å². The van der Waals surface area contributed by atoms with Gasteiger partial charge in [0.25, 0.3) is 0 Å². The Morgan fingerprint density at radius 2 is 1.82 bits per heavy atom. The fourth-order valence-electron chi connectivity index (χ4n) is 1.81. The number of Topliss-reactive ketones (excluding diaryl/α,β-unsaturated/α-hetero) is 1. The zero-order chi connectivity index (χ0) is 15.9. The first-order valence-electron chi connectivity index (χ1n) is 6.90. The van der Waals surface area contributed by atoms with Crippen molar-refractivity contribution in [3.63, 3.8) is 0 Å². The highest BCUT2D eigenvalue weighted by Gasteiger charge is 2.04. The summed E-state index contributed by atoms with van der Waals surface area (Å²) in [5.74, 6) is 0.635. The number of nitrogens with one attached hydrogen (secondary N) is 2. The third-order valence-corrected chi connectivity index (χ3v) is 3.02. The Kier molecular flexibility index (Phi) is 5.14. The minimum Gasteiger partial charge on any atom is -0.473 e. The predicted octanol–water partition coefficient (Wildman–Crippen LogP) is 3.36. The maximum Gasteiger partial charge on any atom is 0.321 e. The van der Waals surface area contributed by atoms with Crippen LogP contribution in [-0.4, -0.2) is 18.5 Å². The Hall–Kier alpha value is -2.82. The molecule has 0 spiro atoms. The molecule has 0 saturated carbocycles. The van der Waals surface area contributed by atoms with Crippen LogP contribution in [0, 0.1) is 6.92 Å². The van der Waals surface area contributed by atoms with Crippen LogP contribution in [0.3, 0.4) is 0 Å². The number of hydrogen-bond acceptors (Lipinski definition) is 3. The molecule has 5 nitrogen and oxygen atoms in total. The number of benzene rings is 2. The Morgan fingerprint density at radius 1 is 1.09 bits per heavy atom. The molecule has 5 heteroatoms. The van der Waals surface area contributed by atoms with Gasteiger partial charge in [-0.05, 0) is 38.1 Å². The molecule has 2 aromatic rings. The molecule has 114 valence electrons.